The molecule has 0 bridgehead atoms. The van der Waals surface area contributed by atoms with E-state index in [0.29, 0.717) is 28.0 Å². The molecule has 0 atom stereocenters. The highest BCUT2D eigenvalue weighted by Crippen LogP contribution is 2.23. The molecular formula is C17H12BrCl2N3O. The molecule has 2 aromatic carbocycles. The van der Waals surface area contributed by atoms with E-state index in [-0.39, 0.29) is 5.91 Å². The van der Waals surface area contributed by atoms with Crippen LogP contribution in [0.1, 0.15) is 15.9 Å². The topological polar surface area (TPSA) is 46.9 Å². The summed E-state index contributed by atoms with van der Waals surface area (Å²) in [5.74, 6) is 0.271. The van der Waals surface area contributed by atoms with Gasteiger partial charge in [-0.05, 0) is 29.8 Å². The average Bonchev–Trinajstić information content (AvgIpc) is 2.96. The second kappa shape index (κ2) is 7.38. The summed E-state index contributed by atoms with van der Waals surface area (Å²) < 4.78 is 2.69. The molecule has 0 aliphatic heterocycles. The van der Waals surface area contributed by atoms with Crippen molar-refractivity contribution in [1.29, 1.82) is 0 Å². The summed E-state index contributed by atoms with van der Waals surface area (Å²) in [5.41, 5.74) is 1.41. The molecule has 0 unspecified atom stereocenters. The van der Waals surface area contributed by atoms with Crippen LogP contribution in [0.4, 0.5) is 5.82 Å². The maximum atomic E-state index is 12.4. The highest BCUT2D eigenvalue weighted by atomic mass is 79.9. The molecule has 0 aliphatic rings. The standard InChI is InChI=1S/C17H12BrCl2N3O/c18-14-4-2-1-3-11(14)10-23-16(7-8-21-23)22-17(24)13-6-5-12(19)9-15(13)20/h1-9H,10H2,(H,22,24). The molecule has 4 nitrogen and oxygen atoms in total. The van der Waals surface area contributed by atoms with E-state index in [0.717, 1.165) is 10.0 Å². The van der Waals surface area contributed by atoms with Crippen molar-refractivity contribution in [3.8, 4) is 0 Å². The second-order valence-electron chi connectivity index (χ2n) is 5.04. The zero-order chi connectivity index (χ0) is 17.1. The van der Waals surface area contributed by atoms with Crippen LogP contribution in [-0.2, 0) is 6.54 Å². The lowest BCUT2D eigenvalue weighted by molar-refractivity contribution is 0.102. The summed E-state index contributed by atoms with van der Waals surface area (Å²) >= 11 is 15.5. The quantitative estimate of drug-likeness (QED) is 0.621. The first kappa shape index (κ1) is 17.0. The number of nitrogens with one attached hydrogen (secondary N) is 1. The Kier molecular flexibility index (Phi) is 5.23. The van der Waals surface area contributed by atoms with Gasteiger partial charge in [-0.1, -0.05) is 57.3 Å². The Morgan fingerprint density at radius 3 is 2.71 bits per heavy atom. The molecule has 24 heavy (non-hydrogen) atoms. The third kappa shape index (κ3) is 3.80. The number of carbonyl (C=O) groups is 1. The minimum atomic E-state index is -0.314. The number of benzene rings is 2. The van der Waals surface area contributed by atoms with Crippen molar-refractivity contribution in [3.05, 3.63) is 80.4 Å². The van der Waals surface area contributed by atoms with Crippen LogP contribution in [0, 0.1) is 0 Å². The largest absolute Gasteiger partial charge is 0.307 e. The summed E-state index contributed by atoms with van der Waals surface area (Å²) in [6.45, 7) is 0.526. The van der Waals surface area contributed by atoms with Crippen LogP contribution in [-0.4, -0.2) is 15.7 Å². The first-order chi connectivity index (χ1) is 11.5. The van der Waals surface area contributed by atoms with Crippen LogP contribution < -0.4 is 5.32 Å². The van der Waals surface area contributed by atoms with Gasteiger partial charge in [0.1, 0.15) is 5.82 Å². The predicted octanol–water partition coefficient (Wildman–Crippen LogP) is 5.25. The van der Waals surface area contributed by atoms with Gasteiger partial charge in [0.2, 0.25) is 0 Å². The molecule has 3 aromatic rings. The first-order valence-corrected chi connectivity index (χ1v) is 8.61. The molecule has 1 amide bonds. The Bertz CT molecular complexity index is 895. The molecule has 0 aliphatic carbocycles. The fourth-order valence-electron chi connectivity index (χ4n) is 2.21. The maximum Gasteiger partial charge on any atom is 0.258 e. The van der Waals surface area contributed by atoms with E-state index < -0.39 is 0 Å². The fraction of sp³-hybridized carbons (Fsp3) is 0.0588. The summed E-state index contributed by atoms with van der Waals surface area (Å²) in [6, 6.07) is 14.3. The van der Waals surface area contributed by atoms with Gasteiger partial charge in [-0.25, -0.2) is 4.68 Å². The number of anilines is 1. The normalized spacial score (nSPS) is 10.6. The Morgan fingerprint density at radius 2 is 1.96 bits per heavy atom. The predicted molar refractivity (Wildman–Crippen MR) is 99.9 cm³/mol. The van der Waals surface area contributed by atoms with E-state index in [1.165, 1.54) is 6.07 Å². The minimum absolute atomic E-state index is 0.303. The van der Waals surface area contributed by atoms with E-state index in [2.05, 4.69) is 26.3 Å². The van der Waals surface area contributed by atoms with Crippen molar-refractivity contribution in [2.45, 2.75) is 6.54 Å². The fourth-order valence-corrected chi connectivity index (χ4v) is 3.11. The van der Waals surface area contributed by atoms with E-state index in [1.54, 1.807) is 29.1 Å². The molecule has 0 fully saturated rings. The molecule has 7 heteroatoms. The van der Waals surface area contributed by atoms with Crippen LogP contribution in [0.5, 0.6) is 0 Å². The van der Waals surface area contributed by atoms with Gasteiger partial charge in [0.15, 0.2) is 0 Å². The highest BCUT2D eigenvalue weighted by molar-refractivity contribution is 9.10. The number of amides is 1. The number of aromatic nitrogens is 2. The third-order valence-electron chi connectivity index (χ3n) is 3.41. The minimum Gasteiger partial charge on any atom is -0.307 e. The van der Waals surface area contributed by atoms with Crippen molar-refractivity contribution in [1.82, 2.24) is 9.78 Å². The van der Waals surface area contributed by atoms with Crippen LogP contribution in [0.3, 0.4) is 0 Å². The van der Waals surface area contributed by atoms with Crippen LogP contribution in [0.15, 0.2) is 59.2 Å². The SMILES string of the molecule is O=C(Nc1ccnn1Cc1ccccc1Br)c1ccc(Cl)cc1Cl. The second-order valence-corrected chi connectivity index (χ2v) is 6.74. The molecule has 3 rings (SSSR count). The Labute approximate surface area is 157 Å². The first-order valence-electron chi connectivity index (χ1n) is 7.06. The monoisotopic (exact) mass is 423 g/mol. The van der Waals surface area contributed by atoms with E-state index in [4.69, 9.17) is 23.2 Å². The molecule has 1 aromatic heterocycles. The van der Waals surface area contributed by atoms with Gasteiger partial charge in [0, 0.05) is 15.6 Å². The van der Waals surface area contributed by atoms with E-state index in [1.807, 2.05) is 24.3 Å². The molecule has 1 heterocycles. The van der Waals surface area contributed by atoms with E-state index in [9.17, 15) is 4.79 Å². The summed E-state index contributed by atoms with van der Waals surface area (Å²) in [6.07, 6.45) is 1.63. The average molecular weight is 425 g/mol. The molecule has 1 N–H and O–H groups in total. The molecule has 0 saturated carbocycles. The number of nitrogens with zero attached hydrogens (tertiary/aromatic N) is 2. The summed E-state index contributed by atoms with van der Waals surface area (Å²) in [7, 11) is 0. The van der Waals surface area contributed by atoms with Gasteiger partial charge in [-0.3, -0.25) is 4.79 Å². The number of rotatable bonds is 4. The highest BCUT2D eigenvalue weighted by Gasteiger charge is 2.14. The molecule has 0 spiro atoms. The Morgan fingerprint density at radius 1 is 1.17 bits per heavy atom. The van der Waals surface area contributed by atoms with Crippen molar-refractivity contribution < 1.29 is 4.79 Å². The van der Waals surface area contributed by atoms with Crippen LogP contribution in [0.2, 0.25) is 10.0 Å². The summed E-state index contributed by atoms with van der Waals surface area (Å²) in [5, 5.41) is 7.87. The van der Waals surface area contributed by atoms with Crippen molar-refractivity contribution in [2.24, 2.45) is 0 Å². The number of hydrogen-bond acceptors (Lipinski definition) is 2. The molecular weight excluding hydrogens is 413 g/mol. The van der Waals surface area contributed by atoms with Crippen LogP contribution in [0.25, 0.3) is 0 Å². The zero-order valence-corrected chi connectivity index (χ0v) is 15.4. The lowest BCUT2D eigenvalue weighted by Gasteiger charge is -2.11. The van der Waals surface area contributed by atoms with Crippen molar-refractivity contribution >= 4 is 50.9 Å². The molecule has 0 radical (unpaired) electrons. The zero-order valence-electron chi connectivity index (χ0n) is 12.3. The van der Waals surface area contributed by atoms with Crippen molar-refractivity contribution in [3.63, 3.8) is 0 Å². The third-order valence-corrected chi connectivity index (χ3v) is 4.73. The van der Waals surface area contributed by atoms with Gasteiger partial charge in [-0.2, -0.15) is 5.10 Å². The van der Waals surface area contributed by atoms with Gasteiger partial charge in [-0.15, -0.1) is 0 Å². The Hall–Kier alpha value is -1.82. The van der Waals surface area contributed by atoms with Gasteiger partial charge in [0.05, 0.1) is 23.3 Å². The van der Waals surface area contributed by atoms with E-state index >= 15 is 0 Å². The molecule has 0 saturated heterocycles. The van der Waals surface area contributed by atoms with Gasteiger partial charge >= 0.3 is 0 Å². The Balaban J connectivity index is 1.80. The molecule has 122 valence electrons. The van der Waals surface area contributed by atoms with Gasteiger partial charge < -0.3 is 5.32 Å². The lowest BCUT2D eigenvalue weighted by Crippen LogP contribution is -2.16. The number of carbonyl (C=O) groups excluding carboxylic acids is 1. The van der Waals surface area contributed by atoms with Crippen molar-refractivity contribution in [2.75, 3.05) is 5.32 Å². The maximum absolute atomic E-state index is 12.4. The summed E-state index contributed by atoms with van der Waals surface area (Å²) in [4.78, 5) is 12.4. The van der Waals surface area contributed by atoms with Crippen LogP contribution >= 0.6 is 39.1 Å². The number of halogens is 3. The van der Waals surface area contributed by atoms with Gasteiger partial charge in [0.25, 0.3) is 5.91 Å². The lowest BCUT2D eigenvalue weighted by atomic mass is 10.2. The number of hydrogen-bond donors (Lipinski definition) is 1. The smallest absolute Gasteiger partial charge is 0.258 e.